The summed E-state index contributed by atoms with van der Waals surface area (Å²) in [6.45, 7) is 5.72. The van der Waals surface area contributed by atoms with Gasteiger partial charge in [-0.05, 0) is 47.8 Å². The molecule has 0 spiro atoms. The third kappa shape index (κ3) is 1.93. The molecule has 1 atom stereocenters. The Kier molecular flexibility index (Phi) is 3.56. The molecule has 0 amide bonds. The molecule has 0 heterocycles. The van der Waals surface area contributed by atoms with E-state index in [2.05, 4.69) is 15.9 Å². The number of aryl methyl sites for hydroxylation is 2. The zero-order valence-electron chi connectivity index (χ0n) is 8.89. The largest absolute Gasteiger partial charge is 0.496 e. The van der Waals surface area contributed by atoms with Crippen LogP contribution in [0.3, 0.4) is 0 Å². The maximum atomic E-state index is 9.66. The molecule has 1 unspecified atom stereocenters. The fourth-order valence-electron chi connectivity index (χ4n) is 1.62. The van der Waals surface area contributed by atoms with Crippen LogP contribution in [-0.4, -0.2) is 12.2 Å². The van der Waals surface area contributed by atoms with Crippen molar-refractivity contribution in [3.05, 3.63) is 27.2 Å². The number of aliphatic hydroxyl groups is 1. The molecule has 0 aliphatic rings. The molecule has 0 radical (unpaired) electrons. The van der Waals surface area contributed by atoms with E-state index in [0.29, 0.717) is 0 Å². The Morgan fingerprint density at radius 1 is 1.36 bits per heavy atom. The van der Waals surface area contributed by atoms with Crippen molar-refractivity contribution in [1.82, 2.24) is 0 Å². The Morgan fingerprint density at radius 2 is 1.93 bits per heavy atom. The van der Waals surface area contributed by atoms with E-state index in [1.807, 2.05) is 19.9 Å². The topological polar surface area (TPSA) is 29.5 Å². The van der Waals surface area contributed by atoms with E-state index >= 15 is 0 Å². The van der Waals surface area contributed by atoms with Crippen molar-refractivity contribution in [3.63, 3.8) is 0 Å². The summed E-state index contributed by atoms with van der Waals surface area (Å²) in [6.07, 6.45) is -0.530. The van der Waals surface area contributed by atoms with Gasteiger partial charge in [-0.15, -0.1) is 0 Å². The van der Waals surface area contributed by atoms with Crippen molar-refractivity contribution < 1.29 is 9.84 Å². The molecule has 0 saturated carbocycles. The molecule has 14 heavy (non-hydrogen) atoms. The summed E-state index contributed by atoms with van der Waals surface area (Å²) in [7, 11) is 1.62. The van der Waals surface area contributed by atoms with Gasteiger partial charge < -0.3 is 9.84 Å². The molecule has 1 rings (SSSR count). The van der Waals surface area contributed by atoms with Gasteiger partial charge in [-0.25, -0.2) is 0 Å². The zero-order valence-corrected chi connectivity index (χ0v) is 10.5. The summed E-state index contributed by atoms with van der Waals surface area (Å²) < 4.78 is 6.21. The Hall–Kier alpha value is -0.540. The van der Waals surface area contributed by atoms with E-state index in [1.165, 1.54) is 0 Å². The first-order chi connectivity index (χ1) is 6.49. The van der Waals surface area contributed by atoms with Crippen LogP contribution >= 0.6 is 15.9 Å². The van der Waals surface area contributed by atoms with Crippen molar-refractivity contribution in [2.24, 2.45) is 0 Å². The predicted octanol–water partition coefficient (Wildman–Crippen LogP) is 3.13. The molecule has 0 bridgehead atoms. The van der Waals surface area contributed by atoms with Crippen LogP contribution in [0.5, 0.6) is 5.75 Å². The quantitative estimate of drug-likeness (QED) is 0.884. The first kappa shape index (κ1) is 11.5. The molecule has 0 fully saturated rings. The van der Waals surface area contributed by atoms with Crippen LogP contribution < -0.4 is 4.74 Å². The summed E-state index contributed by atoms with van der Waals surface area (Å²) in [5, 5.41) is 9.66. The lowest BCUT2D eigenvalue weighted by atomic mass is 10.0. The van der Waals surface area contributed by atoms with Gasteiger partial charge in [0.1, 0.15) is 5.75 Å². The van der Waals surface area contributed by atoms with E-state index in [-0.39, 0.29) is 0 Å². The van der Waals surface area contributed by atoms with E-state index in [4.69, 9.17) is 4.74 Å². The Morgan fingerprint density at radius 3 is 2.36 bits per heavy atom. The van der Waals surface area contributed by atoms with Gasteiger partial charge in [-0.3, -0.25) is 0 Å². The number of hydrogen-bond donors (Lipinski definition) is 1. The smallest absolute Gasteiger partial charge is 0.128 e. The van der Waals surface area contributed by atoms with Crippen LogP contribution in [0.25, 0.3) is 0 Å². The van der Waals surface area contributed by atoms with Gasteiger partial charge in [0.2, 0.25) is 0 Å². The van der Waals surface area contributed by atoms with Crippen molar-refractivity contribution in [3.8, 4) is 5.75 Å². The minimum Gasteiger partial charge on any atom is -0.496 e. The first-order valence-electron chi connectivity index (χ1n) is 4.50. The molecule has 3 heteroatoms. The Labute approximate surface area is 93.0 Å². The first-order valence-corrected chi connectivity index (χ1v) is 5.30. The molecule has 0 aliphatic heterocycles. The number of ether oxygens (including phenoxy) is 1. The fourth-order valence-corrected chi connectivity index (χ4v) is 2.25. The highest BCUT2D eigenvalue weighted by atomic mass is 79.9. The normalized spacial score (nSPS) is 12.7. The predicted molar refractivity (Wildman–Crippen MR) is 60.8 cm³/mol. The van der Waals surface area contributed by atoms with Crippen molar-refractivity contribution in [2.45, 2.75) is 26.9 Å². The monoisotopic (exact) mass is 258 g/mol. The van der Waals surface area contributed by atoms with Gasteiger partial charge in [0.15, 0.2) is 0 Å². The number of methoxy groups -OCH3 is 1. The second kappa shape index (κ2) is 4.32. The van der Waals surface area contributed by atoms with Gasteiger partial charge in [0.25, 0.3) is 0 Å². The summed E-state index contributed by atoms with van der Waals surface area (Å²) in [4.78, 5) is 0. The molecule has 0 aromatic heterocycles. The van der Waals surface area contributed by atoms with Gasteiger partial charge in [0, 0.05) is 10.0 Å². The van der Waals surface area contributed by atoms with Crippen LogP contribution in [-0.2, 0) is 0 Å². The maximum Gasteiger partial charge on any atom is 0.128 e. The Bertz CT molecular complexity index is 346. The van der Waals surface area contributed by atoms with Gasteiger partial charge in [-0.2, -0.15) is 0 Å². The average molecular weight is 259 g/mol. The number of aliphatic hydroxyl groups excluding tert-OH is 1. The van der Waals surface area contributed by atoms with Crippen LogP contribution in [0, 0.1) is 13.8 Å². The van der Waals surface area contributed by atoms with Gasteiger partial charge in [-0.1, -0.05) is 6.07 Å². The molecule has 0 aliphatic carbocycles. The van der Waals surface area contributed by atoms with Gasteiger partial charge >= 0.3 is 0 Å². The van der Waals surface area contributed by atoms with E-state index in [1.54, 1.807) is 14.0 Å². The molecule has 1 aromatic carbocycles. The number of hydrogen-bond acceptors (Lipinski definition) is 2. The minimum absolute atomic E-state index is 0.530. The lowest BCUT2D eigenvalue weighted by Gasteiger charge is -2.17. The summed E-state index contributed by atoms with van der Waals surface area (Å²) in [5.74, 6) is 0.762. The molecule has 1 aromatic rings. The second-order valence-corrected chi connectivity index (χ2v) is 4.24. The molecule has 78 valence electrons. The standard InChI is InChI=1S/C11H15BrO2/c1-6-5-7(2)11(14-4)9(8(3)13)10(6)12/h5,8,13H,1-4H3. The van der Waals surface area contributed by atoms with E-state index in [0.717, 1.165) is 26.9 Å². The number of benzene rings is 1. The SMILES string of the molecule is COc1c(C)cc(C)c(Br)c1C(C)O. The van der Waals surface area contributed by atoms with Crippen LogP contribution in [0.15, 0.2) is 10.5 Å². The molecular weight excluding hydrogens is 244 g/mol. The van der Waals surface area contributed by atoms with Crippen molar-refractivity contribution >= 4 is 15.9 Å². The summed E-state index contributed by atoms with van der Waals surface area (Å²) >= 11 is 3.47. The van der Waals surface area contributed by atoms with E-state index in [9.17, 15) is 5.11 Å². The highest BCUT2D eigenvalue weighted by molar-refractivity contribution is 9.10. The molecule has 1 N–H and O–H groups in total. The summed E-state index contributed by atoms with van der Waals surface area (Å²) in [5.41, 5.74) is 2.98. The zero-order chi connectivity index (χ0) is 10.9. The third-order valence-electron chi connectivity index (χ3n) is 2.24. The maximum absolute atomic E-state index is 9.66. The number of halogens is 1. The second-order valence-electron chi connectivity index (χ2n) is 3.45. The highest BCUT2D eigenvalue weighted by Gasteiger charge is 2.16. The molecular formula is C11H15BrO2. The van der Waals surface area contributed by atoms with Crippen LogP contribution in [0.2, 0.25) is 0 Å². The highest BCUT2D eigenvalue weighted by Crippen LogP contribution is 2.37. The third-order valence-corrected chi connectivity index (χ3v) is 3.29. The van der Waals surface area contributed by atoms with Crippen molar-refractivity contribution in [1.29, 1.82) is 0 Å². The van der Waals surface area contributed by atoms with Crippen molar-refractivity contribution in [2.75, 3.05) is 7.11 Å². The van der Waals surface area contributed by atoms with E-state index < -0.39 is 6.10 Å². The molecule has 2 nitrogen and oxygen atoms in total. The van der Waals surface area contributed by atoms with Crippen LogP contribution in [0.4, 0.5) is 0 Å². The lowest BCUT2D eigenvalue weighted by Crippen LogP contribution is -2.01. The number of rotatable bonds is 2. The average Bonchev–Trinajstić information content (AvgIpc) is 2.10. The molecule has 0 saturated heterocycles. The Balaban J connectivity index is 3.48. The van der Waals surface area contributed by atoms with Gasteiger partial charge in [0.05, 0.1) is 13.2 Å². The fraction of sp³-hybridized carbons (Fsp3) is 0.455. The van der Waals surface area contributed by atoms with Crippen LogP contribution in [0.1, 0.15) is 29.7 Å². The summed E-state index contributed by atoms with van der Waals surface area (Å²) in [6, 6.07) is 2.04. The minimum atomic E-state index is -0.530. The lowest BCUT2D eigenvalue weighted by molar-refractivity contribution is 0.193.